The van der Waals surface area contributed by atoms with Crippen LogP contribution in [0.15, 0.2) is 23.8 Å². The molecule has 3 unspecified atom stereocenters. The molecule has 1 fully saturated rings. The topological polar surface area (TPSA) is 0 Å². The van der Waals surface area contributed by atoms with Crippen LogP contribution in [0.5, 0.6) is 0 Å². The summed E-state index contributed by atoms with van der Waals surface area (Å²) in [6.07, 6.45) is 14.6. The Bertz CT molecular complexity index is 247. The third-order valence-electron chi connectivity index (χ3n) is 3.87. The van der Waals surface area contributed by atoms with Gasteiger partial charge in [0.15, 0.2) is 0 Å². The molecule has 0 radical (unpaired) electrons. The van der Waals surface area contributed by atoms with Gasteiger partial charge in [0.1, 0.15) is 0 Å². The lowest BCUT2D eigenvalue weighted by Crippen LogP contribution is -2.31. The molecule has 0 aromatic carbocycles. The van der Waals surface area contributed by atoms with Crippen molar-refractivity contribution in [2.24, 2.45) is 17.8 Å². The zero-order valence-corrected chi connectivity index (χ0v) is 7.50. The van der Waals surface area contributed by atoms with Crippen molar-refractivity contribution in [3.63, 3.8) is 0 Å². The van der Waals surface area contributed by atoms with E-state index in [1.165, 1.54) is 32.1 Å². The van der Waals surface area contributed by atoms with Crippen molar-refractivity contribution >= 4 is 0 Å². The van der Waals surface area contributed by atoms with Gasteiger partial charge >= 0.3 is 0 Å². The Morgan fingerprint density at radius 3 is 2.92 bits per heavy atom. The van der Waals surface area contributed by atoms with Gasteiger partial charge in [-0.2, -0.15) is 0 Å². The first-order chi connectivity index (χ1) is 5.95. The van der Waals surface area contributed by atoms with Gasteiger partial charge in [0.2, 0.25) is 0 Å². The number of fused-ring (bicyclic) bond motifs is 3. The fourth-order valence-electron chi connectivity index (χ4n) is 3.09. The molecule has 3 atom stereocenters. The SMILES string of the molecule is C1=CC2C3=CCCCC3CCC12. The van der Waals surface area contributed by atoms with Gasteiger partial charge in [0.25, 0.3) is 0 Å². The van der Waals surface area contributed by atoms with Crippen LogP contribution in [0.4, 0.5) is 0 Å². The highest BCUT2D eigenvalue weighted by Gasteiger charge is 2.36. The zero-order valence-electron chi connectivity index (χ0n) is 7.50. The van der Waals surface area contributed by atoms with Gasteiger partial charge < -0.3 is 0 Å². The summed E-state index contributed by atoms with van der Waals surface area (Å²) in [6, 6.07) is 0. The first kappa shape index (κ1) is 6.94. The Labute approximate surface area is 74.4 Å². The van der Waals surface area contributed by atoms with Gasteiger partial charge in [0.05, 0.1) is 0 Å². The van der Waals surface area contributed by atoms with Gasteiger partial charge in [-0.15, -0.1) is 0 Å². The van der Waals surface area contributed by atoms with Crippen molar-refractivity contribution in [3.8, 4) is 0 Å². The number of hydrogen-bond donors (Lipinski definition) is 0. The van der Waals surface area contributed by atoms with Gasteiger partial charge in [-0.1, -0.05) is 23.8 Å². The van der Waals surface area contributed by atoms with E-state index in [0.717, 1.165) is 17.8 Å². The molecule has 0 amide bonds. The van der Waals surface area contributed by atoms with Crippen LogP contribution in [0.1, 0.15) is 32.1 Å². The van der Waals surface area contributed by atoms with Crippen molar-refractivity contribution in [3.05, 3.63) is 23.8 Å². The van der Waals surface area contributed by atoms with Gasteiger partial charge in [0, 0.05) is 5.92 Å². The minimum Gasteiger partial charge on any atom is -0.0844 e. The maximum Gasteiger partial charge on any atom is 0.00424 e. The van der Waals surface area contributed by atoms with Crippen LogP contribution in [-0.4, -0.2) is 0 Å². The van der Waals surface area contributed by atoms with Gasteiger partial charge in [-0.25, -0.2) is 0 Å². The molecule has 0 N–H and O–H groups in total. The average Bonchev–Trinajstić information content (AvgIpc) is 2.05. The molecule has 0 saturated heterocycles. The highest BCUT2D eigenvalue weighted by molar-refractivity contribution is 5.29. The largest absolute Gasteiger partial charge is 0.0844 e. The van der Waals surface area contributed by atoms with E-state index in [1.807, 2.05) is 0 Å². The molecule has 0 aliphatic heterocycles. The lowest BCUT2D eigenvalue weighted by molar-refractivity contribution is 0.289. The summed E-state index contributed by atoms with van der Waals surface area (Å²) < 4.78 is 0. The van der Waals surface area contributed by atoms with Crippen molar-refractivity contribution in [1.82, 2.24) is 0 Å². The van der Waals surface area contributed by atoms with Crippen molar-refractivity contribution in [2.75, 3.05) is 0 Å². The lowest BCUT2D eigenvalue weighted by atomic mass is 9.62. The monoisotopic (exact) mass is 160 g/mol. The van der Waals surface area contributed by atoms with E-state index in [0.29, 0.717) is 0 Å². The number of allylic oxidation sites excluding steroid dienone is 4. The molecule has 0 heterocycles. The van der Waals surface area contributed by atoms with E-state index < -0.39 is 0 Å². The summed E-state index contributed by atoms with van der Waals surface area (Å²) in [5, 5.41) is 0. The molecule has 0 aromatic rings. The minimum atomic E-state index is 0.879. The smallest absolute Gasteiger partial charge is 0.00424 e. The lowest BCUT2D eigenvalue weighted by Gasteiger charge is -2.42. The molecule has 3 aliphatic rings. The second kappa shape index (κ2) is 2.48. The Kier molecular flexibility index (Phi) is 1.44. The summed E-state index contributed by atoms with van der Waals surface area (Å²) in [6.45, 7) is 0. The molecule has 64 valence electrons. The highest BCUT2D eigenvalue weighted by Crippen LogP contribution is 2.48. The normalized spacial score (nSPS) is 44.0. The molecule has 3 aliphatic carbocycles. The second-order valence-corrected chi connectivity index (χ2v) is 4.48. The van der Waals surface area contributed by atoms with Gasteiger partial charge in [-0.05, 0) is 43.9 Å². The van der Waals surface area contributed by atoms with Crippen molar-refractivity contribution in [1.29, 1.82) is 0 Å². The summed E-state index contributed by atoms with van der Waals surface area (Å²) in [5.41, 5.74) is 1.81. The maximum absolute atomic E-state index is 2.54. The van der Waals surface area contributed by atoms with E-state index in [9.17, 15) is 0 Å². The molecule has 0 bridgehead atoms. The Balaban J connectivity index is 1.92. The summed E-state index contributed by atoms with van der Waals surface area (Å²) in [7, 11) is 0. The van der Waals surface area contributed by atoms with E-state index >= 15 is 0 Å². The second-order valence-electron chi connectivity index (χ2n) is 4.48. The maximum atomic E-state index is 2.54. The van der Waals surface area contributed by atoms with Crippen LogP contribution in [0, 0.1) is 17.8 Å². The first-order valence-electron chi connectivity index (χ1n) is 5.33. The summed E-state index contributed by atoms with van der Waals surface area (Å²) in [4.78, 5) is 0. The van der Waals surface area contributed by atoms with Crippen LogP contribution < -0.4 is 0 Å². The number of rotatable bonds is 0. The van der Waals surface area contributed by atoms with Crippen LogP contribution in [0.2, 0.25) is 0 Å². The predicted molar refractivity (Wildman–Crippen MR) is 50.8 cm³/mol. The van der Waals surface area contributed by atoms with Crippen LogP contribution >= 0.6 is 0 Å². The fraction of sp³-hybridized carbons (Fsp3) is 0.667. The van der Waals surface area contributed by atoms with Gasteiger partial charge in [-0.3, -0.25) is 0 Å². The molecule has 1 saturated carbocycles. The van der Waals surface area contributed by atoms with E-state index in [1.54, 1.807) is 5.57 Å². The Morgan fingerprint density at radius 2 is 2.08 bits per heavy atom. The van der Waals surface area contributed by atoms with E-state index in [-0.39, 0.29) is 0 Å². The van der Waals surface area contributed by atoms with Crippen molar-refractivity contribution in [2.45, 2.75) is 32.1 Å². The quantitative estimate of drug-likeness (QED) is 0.477. The third kappa shape index (κ3) is 0.840. The molecule has 0 spiro atoms. The Hall–Kier alpha value is -0.520. The molecule has 0 aromatic heterocycles. The van der Waals surface area contributed by atoms with Crippen LogP contribution in [0.25, 0.3) is 0 Å². The van der Waals surface area contributed by atoms with E-state index in [4.69, 9.17) is 0 Å². The molecule has 0 heteroatoms. The predicted octanol–water partition coefficient (Wildman–Crippen LogP) is 3.31. The first-order valence-corrected chi connectivity index (χ1v) is 5.33. The third-order valence-corrected chi connectivity index (χ3v) is 3.87. The molecular weight excluding hydrogens is 144 g/mol. The van der Waals surface area contributed by atoms with Crippen LogP contribution in [-0.2, 0) is 0 Å². The van der Waals surface area contributed by atoms with Crippen molar-refractivity contribution < 1.29 is 0 Å². The summed E-state index contributed by atoms with van der Waals surface area (Å²) >= 11 is 0. The van der Waals surface area contributed by atoms with Crippen LogP contribution in [0.3, 0.4) is 0 Å². The zero-order chi connectivity index (χ0) is 7.97. The summed E-state index contributed by atoms with van der Waals surface area (Å²) in [5.74, 6) is 2.79. The molecule has 0 nitrogen and oxygen atoms in total. The minimum absolute atomic E-state index is 0.879. The molecule has 12 heavy (non-hydrogen) atoms. The van der Waals surface area contributed by atoms with E-state index in [2.05, 4.69) is 18.2 Å². The molecular formula is C12H16. The fourth-order valence-corrected chi connectivity index (χ4v) is 3.09. The highest BCUT2D eigenvalue weighted by atomic mass is 14.4. The molecule has 3 rings (SSSR count). The standard InChI is InChI=1S/C12H16/c1-2-4-11-9(3-1)5-6-10-7-8-12(10)11/h4,7-10,12H,1-3,5-6H2. The average molecular weight is 160 g/mol. The number of hydrogen-bond acceptors (Lipinski definition) is 0. The Morgan fingerprint density at radius 1 is 1.08 bits per heavy atom.